The molecule has 0 saturated carbocycles. The molecule has 0 unspecified atom stereocenters. The summed E-state index contributed by atoms with van der Waals surface area (Å²) >= 11 is 0. The van der Waals surface area contributed by atoms with Crippen LogP contribution in [0, 0.1) is 18.8 Å². The van der Waals surface area contributed by atoms with Crippen molar-refractivity contribution >= 4 is 82.6 Å². The average Bonchev–Trinajstić information content (AvgIpc) is 3.85. The number of aromatic nitrogens is 3. The first-order valence-corrected chi connectivity index (χ1v) is 17.8. The Bertz CT molecular complexity index is 3270. The Balaban J connectivity index is 0.00000396. The summed E-state index contributed by atoms with van der Waals surface area (Å²) in [6.07, 6.45) is 1.85. The topological polar surface area (TPSA) is 37.4 Å². The van der Waals surface area contributed by atoms with Crippen molar-refractivity contribution in [2.75, 3.05) is 16.8 Å². The van der Waals surface area contributed by atoms with Crippen LogP contribution in [0.3, 0.4) is 0 Å². The molecule has 0 aliphatic carbocycles. The molecule has 0 atom stereocenters. The molecule has 0 N–H and O–H groups in total. The van der Waals surface area contributed by atoms with E-state index in [1.54, 1.807) is 6.67 Å². The number of fused-ring (bicyclic) bond motifs is 11. The maximum atomic E-state index is 8.22. The summed E-state index contributed by atoms with van der Waals surface area (Å²) in [5.74, 6) is 1.02. The minimum atomic E-state index is -2.36. The fraction of sp³-hybridized carbons (Fsp3) is 0.106. The van der Waals surface area contributed by atoms with Crippen molar-refractivity contribution < 1.29 is 29.9 Å². The number of rotatable bonds is 3. The van der Waals surface area contributed by atoms with E-state index in [-0.39, 0.29) is 26.5 Å². The van der Waals surface area contributed by atoms with Gasteiger partial charge in [0.1, 0.15) is 0 Å². The molecule has 7 heteroatoms. The fourth-order valence-electron chi connectivity index (χ4n) is 8.25. The van der Waals surface area contributed by atoms with Gasteiger partial charge >= 0.3 is 0 Å². The quantitative estimate of drug-likeness (QED) is 0.166. The third-order valence-corrected chi connectivity index (χ3v) is 10.7. The van der Waals surface area contributed by atoms with Gasteiger partial charge in [0.2, 0.25) is 0 Å². The van der Waals surface area contributed by atoms with Crippen LogP contribution < -0.4 is 14.5 Å². The van der Waals surface area contributed by atoms with Crippen molar-refractivity contribution in [3.63, 3.8) is 0 Å². The molecule has 1 aliphatic rings. The van der Waals surface area contributed by atoms with Crippen molar-refractivity contribution in [3.8, 4) is 11.5 Å². The molecule has 0 fully saturated rings. The first-order valence-electron chi connectivity index (χ1n) is 19.3. The van der Waals surface area contributed by atoms with E-state index in [2.05, 4.69) is 121 Å². The standard InChI is InChI=1S/C47H34N5O.Pt/c1-47(2,3)29-24-30(50-28-49(4)40-18-7-8-19-41(40)50)26-32(25-29)53-31-21-22-34-36-14-10-16-38-37-15-9-13-35-33-12-5-6-17-39(33)51(44(35)37)42-20-11-23-48-46(42)52(45(36)38)43(34)27-31;/h5-25,28H,1-4H3;/q-3;/i4D3;. The van der Waals surface area contributed by atoms with Crippen LogP contribution in [0.25, 0.3) is 65.5 Å². The SMILES string of the molecule is [2H]C([2H])([2H])N1[CH-]N(c2[c-]c(Oc3[c-]c4c(cc3)c3cccc5c6cccc7c8ccccc8n(c8cccnc8n4c35)c76)cc(C(C)(C)C)c2)c2ccccc21.[Pt]. The van der Waals surface area contributed by atoms with E-state index < -0.39 is 6.98 Å². The van der Waals surface area contributed by atoms with E-state index in [0.717, 1.165) is 66.0 Å². The monoisotopic (exact) mass is 882 g/mol. The summed E-state index contributed by atoms with van der Waals surface area (Å²) in [6.45, 7) is 5.71. The van der Waals surface area contributed by atoms with Gasteiger partial charge in [-0.25, -0.2) is 4.98 Å². The zero-order chi connectivity index (χ0) is 38.1. The normalized spacial score (nSPS) is 14.3. The number of nitrogens with zero attached hydrogens (tertiary/aromatic N) is 5. The molecular weight excluding hydrogens is 846 g/mol. The fourth-order valence-corrected chi connectivity index (χ4v) is 8.25. The largest absolute Gasteiger partial charge is 0.509 e. The molecule has 266 valence electrons. The third-order valence-electron chi connectivity index (χ3n) is 10.7. The van der Waals surface area contributed by atoms with Crippen molar-refractivity contribution in [2.24, 2.45) is 0 Å². The van der Waals surface area contributed by atoms with Crippen LogP contribution >= 0.6 is 0 Å². The molecule has 6 aromatic carbocycles. The Hall–Kier alpha value is -5.84. The molecule has 0 radical (unpaired) electrons. The summed E-state index contributed by atoms with van der Waals surface area (Å²) in [6, 6.07) is 48.6. The Morgan fingerprint density at radius 1 is 0.648 bits per heavy atom. The van der Waals surface area contributed by atoms with Gasteiger partial charge in [0, 0.05) is 81.3 Å². The van der Waals surface area contributed by atoms with Crippen LogP contribution in [-0.4, -0.2) is 20.8 Å². The number of para-hydroxylation sites is 5. The molecule has 0 spiro atoms. The summed E-state index contributed by atoms with van der Waals surface area (Å²) in [7, 11) is 0. The second-order valence-electron chi connectivity index (χ2n) is 14.8. The Kier molecular flexibility index (Phi) is 6.48. The van der Waals surface area contributed by atoms with Gasteiger partial charge in [0.05, 0.1) is 16.6 Å². The molecule has 0 amide bonds. The first-order chi connectivity index (χ1) is 27.0. The van der Waals surface area contributed by atoms with E-state index >= 15 is 0 Å². The van der Waals surface area contributed by atoms with Gasteiger partial charge in [-0.05, 0) is 48.1 Å². The number of hydrogen-bond donors (Lipinski definition) is 0. The number of pyridine rings is 1. The number of hydrogen-bond acceptors (Lipinski definition) is 4. The summed E-state index contributed by atoms with van der Waals surface area (Å²) in [5, 5.41) is 6.80. The van der Waals surface area contributed by atoms with Crippen LogP contribution in [0.5, 0.6) is 11.5 Å². The van der Waals surface area contributed by atoms with Crippen LogP contribution in [0.15, 0.2) is 128 Å². The molecule has 5 heterocycles. The van der Waals surface area contributed by atoms with Crippen LogP contribution in [0.2, 0.25) is 0 Å². The van der Waals surface area contributed by atoms with Crippen molar-refractivity contribution in [1.29, 1.82) is 0 Å². The van der Waals surface area contributed by atoms with E-state index in [9.17, 15) is 0 Å². The second kappa shape index (κ2) is 11.8. The Morgan fingerprint density at radius 2 is 1.31 bits per heavy atom. The number of benzene rings is 6. The third kappa shape index (κ3) is 4.66. The number of anilines is 3. The maximum absolute atomic E-state index is 8.22. The summed E-state index contributed by atoms with van der Waals surface area (Å²) in [4.78, 5) is 8.29. The van der Waals surface area contributed by atoms with Crippen LogP contribution in [0.4, 0.5) is 17.1 Å². The summed E-state index contributed by atoms with van der Waals surface area (Å²) < 4.78 is 36.0. The van der Waals surface area contributed by atoms with Gasteiger partial charge in [0.25, 0.3) is 0 Å². The second-order valence-corrected chi connectivity index (χ2v) is 14.8. The molecular formula is C47H34N5OPt-3. The minimum absolute atomic E-state index is 0. The first kappa shape index (κ1) is 29.6. The van der Waals surface area contributed by atoms with E-state index in [1.165, 1.54) is 15.7 Å². The van der Waals surface area contributed by atoms with E-state index in [4.69, 9.17) is 13.8 Å². The molecule has 4 aromatic heterocycles. The predicted molar refractivity (Wildman–Crippen MR) is 218 cm³/mol. The number of ether oxygens (including phenoxy) is 1. The van der Waals surface area contributed by atoms with Gasteiger partial charge in [0.15, 0.2) is 5.65 Å². The van der Waals surface area contributed by atoms with Gasteiger partial charge in [-0.1, -0.05) is 93.0 Å². The Labute approximate surface area is 331 Å². The summed E-state index contributed by atoms with van der Waals surface area (Å²) in [5.41, 5.74) is 8.78. The van der Waals surface area contributed by atoms with Crippen molar-refractivity contribution in [3.05, 3.63) is 152 Å². The molecule has 11 rings (SSSR count). The molecule has 0 saturated heterocycles. The molecule has 6 nitrogen and oxygen atoms in total. The zero-order valence-electron chi connectivity index (χ0n) is 32.7. The predicted octanol–water partition coefficient (Wildman–Crippen LogP) is 11.7. The van der Waals surface area contributed by atoms with Gasteiger partial charge in [-0.15, -0.1) is 47.0 Å². The van der Waals surface area contributed by atoms with Crippen molar-refractivity contribution in [2.45, 2.75) is 26.2 Å². The minimum Gasteiger partial charge on any atom is -0.509 e. The molecule has 54 heavy (non-hydrogen) atoms. The maximum Gasteiger partial charge on any atom is 0.160 e. The molecule has 10 aromatic rings. The average molecular weight is 883 g/mol. The smallest absolute Gasteiger partial charge is 0.160 e. The van der Waals surface area contributed by atoms with Crippen LogP contribution in [-0.2, 0) is 26.5 Å². The molecule has 0 bridgehead atoms. The van der Waals surface area contributed by atoms with Gasteiger partial charge in [-0.2, -0.15) is 12.7 Å². The zero-order valence-corrected chi connectivity index (χ0v) is 31.9. The Morgan fingerprint density at radius 3 is 2.09 bits per heavy atom. The van der Waals surface area contributed by atoms with Crippen molar-refractivity contribution in [1.82, 2.24) is 13.8 Å². The van der Waals surface area contributed by atoms with Crippen LogP contribution in [0.1, 0.15) is 30.4 Å². The van der Waals surface area contributed by atoms with Gasteiger partial charge < -0.3 is 23.3 Å². The van der Waals surface area contributed by atoms with Gasteiger partial charge in [-0.3, -0.25) is 0 Å². The van der Waals surface area contributed by atoms with E-state index in [0.29, 0.717) is 22.9 Å². The molecule has 1 aliphatic heterocycles. The van der Waals surface area contributed by atoms with E-state index in [1.807, 2.05) is 53.6 Å².